The molecule has 1 amide bonds. The highest BCUT2D eigenvalue weighted by molar-refractivity contribution is 8.15. The number of alkyl halides is 4. The summed E-state index contributed by atoms with van der Waals surface area (Å²) in [6.45, 7) is 3.27. The topological polar surface area (TPSA) is 102 Å². The summed E-state index contributed by atoms with van der Waals surface area (Å²) in [6, 6.07) is 14.9. The number of aliphatic hydroxyl groups excluding tert-OH is 1. The molecule has 0 radical (unpaired) electrons. The van der Waals surface area contributed by atoms with Gasteiger partial charge in [-0.15, -0.1) is 18.3 Å². The first-order chi connectivity index (χ1) is 20.9. The SMILES string of the molecule is Cc1cc(Cl)c(N2C(=O)CSC2=NC(O)OCC(F)c2ccc(-c3ncn(-c4ccc(OC(F)(F)F)cc4)n3)cc2)cc1C. The van der Waals surface area contributed by atoms with Gasteiger partial charge in [-0.05, 0) is 66.9 Å². The van der Waals surface area contributed by atoms with Gasteiger partial charge in [0.05, 0.1) is 28.8 Å². The van der Waals surface area contributed by atoms with Gasteiger partial charge in [0.15, 0.2) is 11.0 Å². The lowest BCUT2D eigenvalue weighted by atomic mass is 10.1. The molecule has 1 aliphatic heterocycles. The van der Waals surface area contributed by atoms with Crippen LogP contribution in [0.1, 0.15) is 22.9 Å². The average molecular weight is 650 g/mol. The summed E-state index contributed by atoms with van der Waals surface area (Å²) in [5, 5.41) is 15.2. The molecule has 1 N–H and O–H groups in total. The van der Waals surface area contributed by atoms with Gasteiger partial charge in [0.2, 0.25) is 5.91 Å². The lowest BCUT2D eigenvalue weighted by molar-refractivity contribution is -0.274. The van der Waals surface area contributed by atoms with Gasteiger partial charge in [0, 0.05) is 5.56 Å². The fraction of sp³-hybridized carbons (Fsp3) is 0.241. The summed E-state index contributed by atoms with van der Waals surface area (Å²) < 4.78 is 62.6. The van der Waals surface area contributed by atoms with E-state index in [1.165, 1.54) is 40.2 Å². The summed E-state index contributed by atoms with van der Waals surface area (Å²) in [6.07, 6.45) is -6.73. The van der Waals surface area contributed by atoms with Crippen LogP contribution in [0.4, 0.5) is 23.2 Å². The van der Waals surface area contributed by atoms with E-state index < -0.39 is 25.6 Å². The number of hydrogen-bond donors (Lipinski definition) is 1. The second-order valence-corrected chi connectivity index (χ2v) is 11.0. The number of amides is 1. The van der Waals surface area contributed by atoms with Crippen LogP contribution in [0, 0.1) is 13.8 Å². The number of aromatic nitrogens is 3. The number of rotatable bonds is 9. The van der Waals surface area contributed by atoms with Crippen molar-refractivity contribution >= 4 is 40.1 Å². The molecule has 1 aromatic heterocycles. The number of nitrogens with zero attached hydrogens (tertiary/aromatic N) is 5. The molecule has 230 valence electrons. The molecule has 0 aliphatic carbocycles. The molecule has 9 nitrogen and oxygen atoms in total. The fourth-order valence-electron chi connectivity index (χ4n) is 4.19. The highest BCUT2D eigenvalue weighted by atomic mass is 35.5. The van der Waals surface area contributed by atoms with Gasteiger partial charge in [0.25, 0.3) is 6.41 Å². The maximum absolute atomic E-state index is 15.0. The molecule has 2 unspecified atom stereocenters. The van der Waals surface area contributed by atoms with Crippen LogP contribution in [-0.4, -0.2) is 56.1 Å². The molecule has 44 heavy (non-hydrogen) atoms. The van der Waals surface area contributed by atoms with Crippen molar-refractivity contribution in [2.75, 3.05) is 17.3 Å². The summed E-state index contributed by atoms with van der Waals surface area (Å²) in [4.78, 5) is 22.1. The van der Waals surface area contributed by atoms with Crippen molar-refractivity contribution in [2.24, 2.45) is 4.99 Å². The Labute approximate surface area is 258 Å². The molecule has 0 saturated carbocycles. The van der Waals surface area contributed by atoms with E-state index in [9.17, 15) is 27.5 Å². The van der Waals surface area contributed by atoms with E-state index in [1.807, 2.05) is 13.8 Å². The quantitative estimate of drug-likeness (QED) is 0.162. The minimum absolute atomic E-state index is 0.100. The van der Waals surface area contributed by atoms with Crippen molar-refractivity contribution < 1.29 is 36.9 Å². The standard InChI is InChI=1S/C29H24ClF4N5O4S/c1-16-11-22(30)24(12-17(16)2)39-25(40)14-44-27(39)36-28(41)42-13-23(31)18-3-5-19(6-4-18)26-35-15-38(37-26)20-7-9-21(10-8-20)43-29(32,33)34/h3-12,15,23,28,41H,13-14H2,1-2H3. The summed E-state index contributed by atoms with van der Waals surface area (Å²) in [7, 11) is 0. The van der Waals surface area contributed by atoms with Gasteiger partial charge in [-0.3, -0.25) is 9.69 Å². The van der Waals surface area contributed by atoms with Crippen LogP contribution >= 0.6 is 23.4 Å². The number of carbonyl (C=O) groups is 1. The number of aliphatic imine (C=N–C) groups is 1. The number of thioether (sulfide) groups is 1. The minimum atomic E-state index is -4.79. The predicted octanol–water partition coefficient (Wildman–Crippen LogP) is 6.54. The number of aryl methyl sites for hydroxylation is 2. The number of halogens is 5. The highest BCUT2D eigenvalue weighted by Crippen LogP contribution is 2.35. The van der Waals surface area contributed by atoms with E-state index in [0.29, 0.717) is 27.8 Å². The van der Waals surface area contributed by atoms with Gasteiger partial charge in [-0.1, -0.05) is 47.6 Å². The normalized spacial score (nSPS) is 16.0. The van der Waals surface area contributed by atoms with E-state index in [4.69, 9.17) is 16.3 Å². The average Bonchev–Trinajstić information content (AvgIpc) is 3.61. The first-order valence-corrected chi connectivity index (χ1v) is 14.4. The van der Waals surface area contributed by atoms with Crippen LogP contribution in [0.5, 0.6) is 5.75 Å². The molecule has 1 fully saturated rings. The van der Waals surface area contributed by atoms with Crippen molar-refractivity contribution in [2.45, 2.75) is 32.8 Å². The van der Waals surface area contributed by atoms with E-state index in [-0.39, 0.29) is 28.1 Å². The molecule has 1 aliphatic rings. The van der Waals surface area contributed by atoms with Gasteiger partial charge in [-0.25, -0.2) is 19.0 Å². The Bertz CT molecular complexity index is 1680. The van der Waals surface area contributed by atoms with E-state index in [2.05, 4.69) is 19.8 Å². The number of amidine groups is 1. The molecule has 3 aromatic carbocycles. The smallest absolute Gasteiger partial charge is 0.406 e. The molecule has 15 heteroatoms. The molecule has 2 atom stereocenters. The maximum atomic E-state index is 15.0. The molecule has 0 bridgehead atoms. The second-order valence-electron chi connectivity index (χ2n) is 9.62. The summed E-state index contributed by atoms with van der Waals surface area (Å²) in [5.41, 5.74) is 3.61. The van der Waals surface area contributed by atoms with Crippen LogP contribution in [-0.2, 0) is 9.53 Å². The van der Waals surface area contributed by atoms with Gasteiger partial charge in [-0.2, -0.15) is 0 Å². The van der Waals surface area contributed by atoms with Gasteiger partial charge in [0.1, 0.15) is 18.2 Å². The largest absolute Gasteiger partial charge is 0.573 e. The number of aliphatic hydroxyl groups is 1. The Morgan fingerprint density at radius 2 is 1.77 bits per heavy atom. The number of carbonyl (C=O) groups excluding carboxylic acids is 1. The van der Waals surface area contributed by atoms with E-state index in [0.717, 1.165) is 35.0 Å². The third-order valence-electron chi connectivity index (χ3n) is 6.54. The predicted molar refractivity (Wildman–Crippen MR) is 158 cm³/mol. The van der Waals surface area contributed by atoms with Crippen LogP contribution in [0.3, 0.4) is 0 Å². The van der Waals surface area contributed by atoms with Crippen molar-refractivity contribution in [3.8, 4) is 22.8 Å². The molecule has 0 spiro atoms. The van der Waals surface area contributed by atoms with Crippen molar-refractivity contribution in [1.29, 1.82) is 0 Å². The van der Waals surface area contributed by atoms with Gasteiger partial charge >= 0.3 is 6.36 Å². The zero-order valence-corrected chi connectivity index (χ0v) is 24.7. The fourth-order valence-corrected chi connectivity index (χ4v) is 5.37. The third-order valence-corrected chi connectivity index (χ3v) is 7.78. The number of anilines is 1. The molecule has 5 rings (SSSR count). The van der Waals surface area contributed by atoms with Crippen molar-refractivity contribution in [3.63, 3.8) is 0 Å². The van der Waals surface area contributed by atoms with Crippen molar-refractivity contribution in [3.05, 3.63) is 88.7 Å². The summed E-state index contributed by atoms with van der Waals surface area (Å²) in [5.74, 6) is -0.216. The Kier molecular flexibility index (Phi) is 9.25. The summed E-state index contributed by atoms with van der Waals surface area (Å²) >= 11 is 7.48. The Hall–Kier alpha value is -3.98. The molecular formula is C29H24ClF4N5O4S. The Morgan fingerprint density at radius 3 is 2.45 bits per heavy atom. The van der Waals surface area contributed by atoms with Gasteiger partial charge < -0.3 is 14.6 Å². The maximum Gasteiger partial charge on any atom is 0.573 e. The highest BCUT2D eigenvalue weighted by Gasteiger charge is 2.33. The molecule has 4 aromatic rings. The lowest BCUT2D eigenvalue weighted by Gasteiger charge is -2.20. The van der Waals surface area contributed by atoms with Crippen LogP contribution in [0.15, 0.2) is 72.0 Å². The van der Waals surface area contributed by atoms with Crippen LogP contribution in [0.25, 0.3) is 17.1 Å². The number of benzene rings is 3. The lowest BCUT2D eigenvalue weighted by Crippen LogP contribution is -2.31. The third kappa shape index (κ3) is 7.38. The zero-order chi connectivity index (χ0) is 31.6. The first kappa shape index (κ1) is 31.4. The molecule has 2 heterocycles. The Morgan fingerprint density at radius 1 is 1.09 bits per heavy atom. The Balaban J connectivity index is 1.19. The number of ether oxygens (including phenoxy) is 2. The minimum Gasteiger partial charge on any atom is -0.406 e. The molecular weight excluding hydrogens is 626 g/mol. The zero-order valence-electron chi connectivity index (χ0n) is 23.1. The van der Waals surface area contributed by atoms with Crippen LogP contribution < -0.4 is 9.64 Å². The molecule has 1 saturated heterocycles. The van der Waals surface area contributed by atoms with Crippen molar-refractivity contribution in [1.82, 2.24) is 14.8 Å². The van der Waals surface area contributed by atoms with Crippen LogP contribution in [0.2, 0.25) is 5.02 Å². The first-order valence-electron chi connectivity index (χ1n) is 13.0. The van der Waals surface area contributed by atoms with E-state index in [1.54, 1.807) is 24.3 Å². The van der Waals surface area contributed by atoms with E-state index >= 15 is 0 Å². The monoisotopic (exact) mass is 649 g/mol. The number of hydrogen-bond acceptors (Lipinski definition) is 8. The second kappa shape index (κ2) is 12.9.